The molecule has 2 amide bonds. The highest BCUT2D eigenvalue weighted by Gasteiger charge is 2.32. The molecule has 2 N–H and O–H groups in total. The van der Waals surface area contributed by atoms with Crippen LogP contribution < -0.4 is 15.4 Å². The number of carbonyl (C=O) groups is 2. The molecule has 0 unspecified atom stereocenters. The molecule has 0 bridgehead atoms. The van der Waals surface area contributed by atoms with Crippen LogP contribution in [0, 0.1) is 6.92 Å². The molecule has 0 aliphatic rings. The minimum Gasteiger partial charge on any atom is -0.497 e. The van der Waals surface area contributed by atoms with E-state index in [2.05, 4.69) is 10.6 Å². The van der Waals surface area contributed by atoms with Crippen molar-refractivity contribution in [2.45, 2.75) is 23.6 Å². The van der Waals surface area contributed by atoms with E-state index in [1.54, 1.807) is 42.5 Å². The Hall–Kier alpha value is -3.59. The van der Waals surface area contributed by atoms with Gasteiger partial charge in [0.25, 0.3) is 0 Å². The topological polar surface area (TPSA) is 115 Å². The van der Waals surface area contributed by atoms with Crippen LogP contribution in [0.2, 0.25) is 0 Å². The van der Waals surface area contributed by atoms with Crippen molar-refractivity contribution >= 4 is 21.7 Å². The average Bonchev–Trinajstić information content (AvgIpc) is 3.32. The Kier molecular flexibility index (Phi) is 7.32. The molecule has 3 aromatic rings. The third kappa shape index (κ3) is 5.55. The molecule has 1 heterocycles. The highest BCUT2D eigenvalue weighted by atomic mass is 32.2. The normalized spacial score (nSPS) is 12.1. The van der Waals surface area contributed by atoms with Crippen molar-refractivity contribution in [2.24, 2.45) is 0 Å². The lowest BCUT2D eigenvalue weighted by Gasteiger charge is -2.17. The smallest absolute Gasteiger partial charge is 0.309 e. The lowest BCUT2D eigenvalue weighted by atomic mass is 10.2. The summed E-state index contributed by atoms with van der Waals surface area (Å²) in [6.07, 6.45) is 1.36. The van der Waals surface area contributed by atoms with Gasteiger partial charge in [-0.05, 0) is 48.9 Å². The Balaban J connectivity index is 1.67. The lowest BCUT2D eigenvalue weighted by molar-refractivity contribution is -0.139. The first-order valence-electron chi connectivity index (χ1n) is 9.84. The van der Waals surface area contributed by atoms with Crippen LogP contribution >= 0.6 is 0 Å². The van der Waals surface area contributed by atoms with Gasteiger partial charge in [-0.3, -0.25) is 9.59 Å². The van der Waals surface area contributed by atoms with Crippen molar-refractivity contribution < 1.29 is 27.2 Å². The van der Waals surface area contributed by atoms with E-state index < -0.39 is 26.9 Å². The highest BCUT2D eigenvalue weighted by molar-refractivity contribution is 7.91. The molecule has 0 aliphatic heterocycles. The van der Waals surface area contributed by atoms with Gasteiger partial charge in [-0.15, -0.1) is 0 Å². The molecule has 9 heteroatoms. The van der Waals surface area contributed by atoms with E-state index in [0.717, 1.165) is 11.1 Å². The molecule has 0 saturated carbocycles. The maximum atomic E-state index is 13.2. The van der Waals surface area contributed by atoms with E-state index in [0.29, 0.717) is 5.75 Å². The van der Waals surface area contributed by atoms with E-state index in [1.807, 2.05) is 6.92 Å². The number of amides is 2. The summed E-state index contributed by atoms with van der Waals surface area (Å²) in [5, 5.41) is 3.72. The summed E-state index contributed by atoms with van der Waals surface area (Å²) < 4.78 is 36.8. The van der Waals surface area contributed by atoms with E-state index in [9.17, 15) is 18.0 Å². The fraction of sp³-hybridized carbons (Fsp3) is 0.217. The summed E-state index contributed by atoms with van der Waals surface area (Å²) in [6, 6.07) is 16.5. The van der Waals surface area contributed by atoms with Crippen molar-refractivity contribution in [2.75, 3.05) is 13.7 Å². The molecule has 0 fully saturated rings. The second-order valence-electron chi connectivity index (χ2n) is 7.11. The second-order valence-corrected chi connectivity index (χ2v) is 9.24. The zero-order valence-corrected chi connectivity index (χ0v) is 18.5. The number of aryl methyl sites for hydroxylation is 1. The van der Waals surface area contributed by atoms with Gasteiger partial charge < -0.3 is 19.8 Å². The van der Waals surface area contributed by atoms with Crippen molar-refractivity contribution in [1.29, 1.82) is 0 Å². The molecule has 0 saturated heterocycles. The number of hydrogen-bond acceptors (Lipinski definition) is 6. The van der Waals surface area contributed by atoms with Crippen LogP contribution in [0.25, 0.3) is 0 Å². The van der Waals surface area contributed by atoms with Gasteiger partial charge in [-0.2, -0.15) is 0 Å². The van der Waals surface area contributed by atoms with Gasteiger partial charge in [0.1, 0.15) is 16.8 Å². The van der Waals surface area contributed by atoms with Crippen molar-refractivity contribution in [1.82, 2.24) is 10.6 Å². The molecule has 3 rings (SSSR count). The van der Waals surface area contributed by atoms with E-state index in [-0.39, 0.29) is 23.7 Å². The second kappa shape index (κ2) is 10.1. The van der Waals surface area contributed by atoms with Gasteiger partial charge in [-0.1, -0.05) is 29.8 Å². The van der Waals surface area contributed by atoms with Crippen LogP contribution in [0.4, 0.5) is 0 Å². The predicted molar refractivity (Wildman–Crippen MR) is 118 cm³/mol. The predicted octanol–water partition coefficient (Wildman–Crippen LogP) is 2.54. The molecule has 32 heavy (non-hydrogen) atoms. The van der Waals surface area contributed by atoms with Gasteiger partial charge in [0.05, 0.1) is 18.3 Å². The van der Waals surface area contributed by atoms with Crippen LogP contribution in [0.3, 0.4) is 0 Å². The first-order valence-corrected chi connectivity index (χ1v) is 11.4. The summed E-state index contributed by atoms with van der Waals surface area (Å²) in [4.78, 5) is 24.6. The number of furan rings is 1. The number of methoxy groups -OCH3 is 1. The summed E-state index contributed by atoms with van der Waals surface area (Å²) in [5.41, 5.74) is 1.67. The molecule has 168 valence electrons. The third-order valence-corrected chi connectivity index (χ3v) is 6.90. The Morgan fingerprint density at radius 1 is 1.00 bits per heavy atom. The first-order chi connectivity index (χ1) is 15.3. The fourth-order valence-electron chi connectivity index (χ4n) is 3.04. The van der Waals surface area contributed by atoms with Crippen LogP contribution in [0.1, 0.15) is 22.1 Å². The third-order valence-electron chi connectivity index (χ3n) is 4.83. The van der Waals surface area contributed by atoms with Gasteiger partial charge in [0.2, 0.25) is 0 Å². The monoisotopic (exact) mass is 456 g/mol. The van der Waals surface area contributed by atoms with Crippen LogP contribution in [-0.2, 0) is 26.0 Å². The van der Waals surface area contributed by atoms with Crippen molar-refractivity contribution in [3.8, 4) is 5.75 Å². The zero-order valence-electron chi connectivity index (χ0n) is 17.7. The maximum absolute atomic E-state index is 13.2. The Morgan fingerprint density at radius 3 is 2.38 bits per heavy atom. The zero-order chi connectivity index (χ0) is 23.1. The molecular formula is C23H24N2O6S. The van der Waals surface area contributed by atoms with Crippen LogP contribution in [-0.4, -0.2) is 33.9 Å². The number of hydrogen-bond donors (Lipinski definition) is 2. The molecular weight excluding hydrogens is 432 g/mol. The largest absolute Gasteiger partial charge is 0.497 e. The molecule has 0 radical (unpaired) electrons. The number of rotatable bonds is 8. The average molecular weight is 457 g/mol. The molecule has 8 nitrogen and oxygen atoms in total. The molecule has 1 aromatic heterocycles. The number of sulfone groups is 1. The summed E-state index contributed by atoms with van der Waals surface area (Å²) in [7, 11) is -2.35. The minimum absolute atomic E-state index is 0.0984. The highest BCUT2D eigenvalue weighted by Crippen LogP contribution is 2.29. The summed E-state index contributed by atoms with van der Waals surface area (Å²) in [6.45, 7) is 1.65. The van der Waals surface area contributed by atoms with Gasteiger partial charge in [0, 0.05) is 13.1 Å². The summed E-state index contributed by atoms with van der Waals surface area (Å²) >= 11 is 0. The van der Waals surface area contributed by atoms with Crippen molar-refractivity contribution in [3.05, 3.63) is 83.8 Å². The van der Waals surface area contributed by atoms with Gasteiger partial charge in [-0.25, -0.2) is 8.42 Å². The fourth-order valence-corrected chi connectivity index (χ4v) is 4.63. The van der Waals surface area contributed by atoms with Gasteiger partial charge >= 0.3 is 11.8 Å². The van der Waals surface area contributed by atoms with E-state index in [4.69, 9.17) is 9.15 Å². The molecule has 0 spiro atoms. The minimum atomic E-state index is -3.88. The number of benzene rings is 2. The lowest BCUT2D eigenvalue weighted by Crippen LogP contribution is -2.42. The number of ether oxygens (including phenoxy) is 1. The van der Waals surface area contributed by atoms with Crippen LogP contribution in [0.15, 0.2) is 76.2 Å². The number of carbonyl (C=O) groups excluding carboxylic acids is 2. The van der Waals surface area contributed by atoms with Crippen molar-refractivity contribution in [3.63, 3.8) is 0 Å². The Morgan fingerprint density at radius 2 is 1.72 bits per heavy atom. The van der Waals surface area contributed by atoms with Gasteiger partial charge in [0.15, 0.2) is 9.84 Å². The SMILES string of the molecule is COc1cccc(CNC(=O)C(=O)NC[C@H](c2ccco2)S(=O)(=O)c2ccc(C)cc2)c1. The molecule has 0 aliphatic carbocycles. The summed E-state index contributed by atoms with van der Waals surface area (Å²) in [5.74, 6) is -1.02. The quantitative estimate of drug-likeness (QED) is 0.504. The molecule has 2 aromatic carbocycles. The Labute approximate surface area is 186 Å². The number of nitrogens with one attached hydrogen (secondary N) is 2. The molecule has 1 atom stereocenters. The first kappa shape index (κ1) is 23.1. The van der Waals surface area contributed by atoms with E-state index in [1.165, 1.54) is 31.6 Å². The standard InChI is InChI=1S/C23H24N2O6S/c1-16-8-10-19(11-9-16)32(28,29)21(20-7-4-12-31-20)15-25-23(27)22(26)24-14-17-5-3-6-18(13-17)30-2/h3-13,21H,14-15H2,1-2H3,(H,24,26)(H,25,27)/t21-/m1/s1. The van der Waals surface area contributed by atoms with E-state index >= 15 is 0 Å². The maximum Gasteiger partial charge on any atom is 0.309 e. The van der Waals surface area contributed by atoms with Crippen LogP contribution in [0.5, 0.6) is 5.75 Å². The Bertz CT molecular complexity index is 1170.